The third-order valence-corrected chi connectivity index (χ3v) is 4.87. The highest BCUT2D eigenvalue weighted by molar-refractivity contribution is 5.43. The molecule has 0 spiro atoms. The van der Waals surface area contributed by atoms with E-state index >= 15 is 0 Å². The number of halogens is 3. The second kappa shape index (κ2) is 5.48. The fraction of sp³-hybridized carbons (Fsp3) is 0.562. The summed E-state index contributed by atoms with van der Waals surface area (Å²) in [6, 6.07) is 4.86. The molecule has 23 heavy (non-hydrogen) atoms. The van der Waals surface area contributed by atoms with Crippen molar-refractivity contribution in [3.63, 3.8) is 0 Å². The summed E-state index contributed by atoms with van der Waals surface area (Å²) in [5.74, 6) is 0. The Hall–Kier alpha value is -1.62. The predicted molar refractivity (Wildman–Crippen MR) is 75.4 cm³/mol. The molecule has 2 atom stereocenters. The summed E-state index contributed by atoms with van der Waals surface area (Å²) in [6.07, 6.45) is -4.27. The number of likely N-dealkylation sites (N-methyl/N-ethyl adjacent to an activating group) is 1. The molecule has 124 valence electrons. The van der Waals surface area contributed by atoms with Crippen LogP contribution in [0.1, 0.15) is 29.5 Å². The lowest BCUT2D eigenvalue weighted by molar-refractivity contribution is -0.153. The number of nitrogens with zero attached hydrogens (tertiary/aromatic N) is 2. The maximum absolute atomic E-state index is 13.4. The van der Waals surface area contributed by atoms with E-state index in [1.54, 1.807) is 6.07 Å². The Morgan fingerprint density at radius 3 is 2.43 bits per heavy atom. The summed E-state index contributed by atoms with van der Waals surface area (Å²) < 4.78 is 45.7. The van der Waals surface area contributed by atoms with E-state index in [-0.39, 0.29) is 36.1 Å². The van der Waals surface area contributed by atoms with Gasteiger partial charge in [0.25, 0.3) is 0 Å². The van der Waals surface area contributed by atoms with E-state index in [4.69, 9.17) is 10.00 Å². The first-order chi connectivity index (χ1) is 10.7. The van der Waals surface area contributed by atoms with Crippen LogP contribution in [0.2, 0.25) is 0 Å². The van der Waals surface area contributed by atoms with E-state index in [0.717, 1.165) is 6.07 Å². The number of alkyl halides is 3. The monoisotopic (exact) mass is 326 g/mol. The number of morpholine rings is 1. The van der Waals surface area contributed by atoms with Crippen LogP contribution in [0.4, 0.5) is 13.2 Å². The summed E-state index contributed by atoms with van der Waals surface area (Å²) in [7, 11) is 1.90. The van der Waals surface area contributed by atoms with Crippen LogP contribution in [0.15, 0.2) is 18.2 Å². The molecule has 1 N–H and O–H groups in total. The Morgan fingerprint density at radius 1 is 1.30 bits per heavy atom. The summed E-state index contributed by atoms with van der Waals surface area (Å²) in [5.41, 5.74) is -2.71. The van der Waals surface area contributed by atoms with E-state index in [2.05, 4.69) is 4.90 Å². The Bertz CT molecular complexity index is 640. The minimum atomic E-state index is -4.62. The van der Waals surface area contributed by atoms with Gasteiger partial charge < -0.3 is 9.84 Å². The molecule has 1 aromatic rings. The molecule has 2 heterocycles. The molecule has 2 saturated heterocycles. The highest BCUT2D eigenvalue weighted by atomic mass is 19.4. The number of benzene rings is 1. The molecule has 7 heteroatoms. The van der Waals surface area contributed by atoms with Crippen LogP contribution in [-0.2, 0) is 16.5 Å². The van der Waals surface area contributed by atoms with Crippen LogP contribution >= 0.6 is 0 Å². The number of rotatable bonds is 1. The highest BCUT2D eigenvalue weighted by Gasteiger charge is 2.49. The SMILES string of the molecule is CN1C2COCC1CC(O)(c1ccc(C#N)cc1C(F)(F)F)C2. The maximum atomic E-state index is 13.4. The first-order valence-corrected chi connectivity index (χ1v) is 7.38. The largest absolute Gasteiger partial charge is 0.416 e. The van der Waals surface area contributed by atoms with Gasteiger partial charge in [-0.1, -0.05) is 6.07 Å². The molecule has 0 aliphatic carbocycles. The molecule has 2 fully saturated rings. The van der Waals surface area contributed by atoms with Crippen molar-refractivity contribution in [2.24, 2.45) is 0 Å². The molecule has 0 saturated carbocycles. The minimum absolute atomic E-state index is 0.0684. The van der Waals surface area contributed by atoms with Crippen LogP contribution in [0.3, 0.4) is 0 Å². The summed E-state index contributed by atoms with van der Waals surface area (Å²) >= 11 is 0. The van der Waals surface area contributed by atoms with Gasteiger partial charge in [-0.25, -0.2) is 0 Å². The molecule has 3 rings (SSSR count). The van der Waals surface area contributed by atoms with Crippen molar-refractivity contribution in [3.8, 4) is 6.07 Å². The fourth-order valence-electron chi connectivity index (χ4n) is 3.62. The number of aliphatic hydroxyl groups is 1. The second-order valence-electron chi connectivity index (χ2n) is 6.32. The van der Waals surface area contributed by atoms with Crippen molar-refractivity contribution >= 4 is 0 Å². The normalized spacial score (nSPS) is 31.7. The Morgan fingerprint density at radius 2 is 1.91 bits per heavy atom. The van der Waals surface area contributed by atoms with Crippen LogP contribution in [0, 0.1) is 11.3 Å². The summed E-state index contributed by atoms with van der Waals surface area (Å²) in [6.45, 7) is 0.792. The fourth-order valence-corrected chi connectivity index (χ4v) is 3.62. The molecule has 0 amide bonds. The van der Waals surface area contributed by atoms with Gasteiger partial charge in [-0.3, -0.25) is 4.90 Å². The molecule has 2 bridgehead atoms. The average molecular weight is 326 g/mol. The molecular formula is C16H17F3N2O2. The van der Waals surface area contributed by atoms with Crippen LogP contribution in [0.5, 0.6) is 0 Å². The van der Waals surface area contributed by atoms with Gasteiger partial charge in [0.2, 0.25) is 0 Å². The molecule has 2 unspecified atom stereocenters. The first kappa shape index (κ1) is 16.2. The zero-order chi connectivity index (χ0) is 16.8. The standard InChI is InChI=1S/C16H17F3N2O2/c1-21-11-5-15(22,6-12(21)9-23-8-11)13-3-2-10(7-20)4-14(13)16(17,18)19/h2-4,11-12,22H,5-6,8-9H2,1H3. The lowest BCUT2D eigenvalue weighted by Crippen LogP contribution is -2.59. The maximum Gasteiger partial charge on any atom is 0.416 e. The van der Waals surface area contributed by atoms with Gasteiger partial charge in [0, 0.05) is 12.1 Å². The Labute approximate surface area is 132 Å². The van der Waals surface area contributed by atoms with Crippen LogP contribution in [-0.4, -0.2) is 42.4 Å². The van der Waals surface area contributed by atoms with Gasteiger partial charge in [-0.15, -0.1) is 0 Å². The number of hydrogen-bond acceptors (Lipinski definition) is 4. The van der Waals surface area contributed by atoms with E-state index in [1.165, 1.54) is 12.1 Å². The van der Waals surface area contributed by atoms with Crippen LogP contribution < -0.4 is 0 Å². The van der Waals surface area contributed by atoms with Gasteiger partial charge in [0.1, 0.15) is 0 Å². The zero-order valence-corrected chi connectivity index (χ0v) is 12.6. The van der Waals surface area contributed by atoms with Gasteiger partial charge in [-0.2, -0.15) is 18.4 Å². The van der Waals surface area contributed by atoms with Crippen molar-refractivity contribution < 1.29 is 23.0 Å². The zero-order valence-electron chi connectivity index (χ0n) is 12.6. The van der Waals surface area contributed by atoms with E-state index < -0.39 is 17.3 Å². The van der Waals surface area contributed by atoms with Crippen molar-refractivity contribution in [1.29, 1.82) is 5.26 Å². The summed E-state index contributed by atoms with van der Waals surface area (Å²) in [5, 5.41) is 19.9. The molecule has 1 aromatic carbocycles. The molecule has 4 nitrogen and oxygen atoms in total. The van der Waals surface area contributed by atoms with Gasteiger partial charge in [0.15, 0.2) is 0 Å². The minimum Gasteiger partial charge on any atom is -0.385 e. The van der Waals surface area contributed by atoms with Crippen molar-refractivity contribution in [3.05, 3.63) is 34.9 Å². The number of hydrogen-bond donors (Lipinski definition) is 1. The van der Waals surface area contributed by atoms with Crippen molar-refractivity contribution in [2.75, 3.05) is 20.3 Å². The van der Waals surface area contributed by atoms with E-state index in [0.29, 0.717) is 13.2 Å². The lowest BCUT2D eigenvalue weighted by Gasteiger charge is -2.50. The van der Waals surface area contributed by atoms with Gasteiger partial charge in [0.05, 0.1) is 36.0 Å². The average Bonchev–Trinajstić information content (AvgIpc) is 2.47. The van der Waals surface area contributed by atoms with Crippen molar-refractivity contribution in [2.45, 2.75) is 36.7 Å². The topological polar surface area (TPSA) is 56.5 Å². The molecule has 0 aromatic heterocycles. The molecule has 2 aliphatic rings. The van der Waals surface area contributed by atoms with Crippen molar-refractivity contribution in [1.82, 2.24) is 4.90 Å². The first-order valence-electron chi connectivity index (χ1n) is 7.38. The smallest absolute Gasteiger partial charge is 0.385 e. The quantitative estimate of drug-likeness (QED) is 0.860. The molecule has 0 radical (unpaired) electrons. The Kier molecular flexibility index (Phi) is 3.87. The lowest BCUT2D eigenvalue weighted by atomic mass is 9.75. The van der Waals surface area contributed by atoms with Crippen LogP contribution in [0.25, 0.3) is 0 Å². The number of ether oxygens (including phenoxy) is 1. The van der Waals surface area contributed by atoms with Gasteiger partial charge in [-0.05, 0) is 37.6 Å². The third kappa shape index (κ3) is 2.82. The third-order valence-electron chi connectivity index (χ3n) is 4.87. The number of nitriles is 1. The van der Waals surface area contributed by atoms with E-state index in [1.807, 2.05) is 7.05 Å². The second-order valence-corrected chi connectivity index (χ2v) is 6.32. The molecular weight excluding hydrogens is 309 g/mol. The highest BCUT2D eigenvalue weighted by Crippen LogP contribution is 2.45. The van der Waals surface area contributed by atoms with E-state index in [9.17, 15) is 18.3 Å². The summed E-state index contributed by atoms with van der Waals surface area (Å²) in [4.78, 5) is 2.06. The van der Waals surface area contributed by atoms with Gasteiger partial charge >= 0.3 is 6.18 Å². The number of piperidine rings is 1. The Balaban J connectivity index is 2.06. The predicted octanol–water partition coefficient (Wildman–Crippen LogP) is 2.26. The number of fused-ring (bicyclic) bond motifs is 2. The molecule has 2 aliphatic heterocycles.